The molecule has 0 amide bonds. The minimum atomic E-state index is -5.78. The van der Waals surface area contributed by atoms with E-state index in [1.54, 1.807) is 0 Å². The van der Waals surface area contributed by atoms with Gasteiger partial charge in [-0.15, -0.1) is 6.42 Å². The normalized spacial score (nSPS) is 30.2. The Balaban J connectivity index is 2.32. The number of terminal acetylenes is 1. The van der Waals surface area contributed by atoms with Crippen LogP contribution in [0.1, 0.15) is 18.8 Å². The summed E-state index contributed by atoms with van der Waals surface area (Å²) in [7, 11) is -16.9. The highest BCUT2D eigenvalue weighted by Gasteiger charge is 2.58. The van der Waals surface area contributed by atoms with Crippen molar-refractivity contribution in [1.29, 1.82) is 0 Å². The van der Waals surface area contributed by atoms with Gasteiger partial charge in [0.2, 0.25) is 0 Å². The number of ether oxygens (including phenoxy) is 1. The molecule has 0 aliphatic carbocycles. The zero-order chi connectivity index (χ0) is 25.6. The molecule has 0 spiro atoms. The van der Waals surface area contributed by atoms with Crippen molar-refractivity contribution in [2.24, 2.45) is 0 Å². The van der Waals surface area contributed by atoms with Crippen molar-refractivity contribution < 1.29 is 56.3 Å². The van der Waals surface area contributed by atoms with E-state index in [4.69, 9.17) is 38.3 Å². The number of aromatic nitrogens is 2. The number of hydrogen-bond donors (Lipinski definition) is 6. The summed E-state index contributed by atoms with van der Waals surface area (Å²) in [5.41, 5.74) is 4.75. The molecule has 1 aromatic rings. The summed E-state index contributed by atoms with van der Waals surface area (Å²) < 4.78 is 52.5. The first-order chi connectivity index (χ1) is 14.8. The largest absolute Gasteiger partial charge is 0.490 e. The van der Waals surface area contributed by atoms with Gasteiger partial charge in [-0.05, 0) is 19.9 Å². The molecule has 3 unspecified atom stereocenters. The first-order valence-electron chi connectivity index (χ1n) is 8.50. The molecule has 0 saturated carbocycles. The van der Waals surface area contributed by atoms with Crippen molar-refractivity contribution in [2.45, 2.75) is 43.3 Å². The van der Waals surface area contributed by atoms with Gasteiger partial charge in [0.05, 0.1) is 6.10 Å². The van der Waals surface area contributed by atoms with Gasteiger partial charge in [0.25, 0.3) is 0 Å². The van der Waals surface area contributed by atoms with Crippen LogP contribution in [-0.4, -0.2) is 57.4 Å². The predicted octanol–water partition coefficient (Wildman–Crippen LogP) is -0.265. The SMILES string of the molecule is C#CC1(Cl)[C@@H](O)[C@@H]([C@@H](C)OP(=O)(O)OP(=O)(O)OP(=O)(O)O)O[C@H]1n1c(C)cc(N)nc1=O. The monoisotopic (exact) mass is 553 g/mol. The van der Waals surface area contributed by atoms with Crippen LogP contribution in [0.2, 0.25) is 0 Å². The Morgan fingerprint density at radius 1 is 1.30 bits per heavy atom. The van der Waals surface area contributed by atoms with Crippen LogP contribution in [0, 0.1) is 19.3 Å². The number of phosphoric acid groups is 3. The van der Waals surface area contributed by atoms with Crippen molar-refractivity contribution in [3.8, 4) is 12.3 Å². The van der Waals surface area contributed by atoms with E-state index >= 15 is 0 Å². The average molecular weight is 554 g/mol. The number of rotatable bonds is 8. The number of alkyl halides is 1. The number of nitrogens with zero attached hydrogens (tertiary/aromatic N) is 2. The lowest BCUT2D eigenvalue weighted by atomic mass is 9.97. The molecule has 186 valence electrons. The molecule has 20 heteroatoms. The number of nitrogens with two attached hydrogens (primary N) is 1. The van der Waals surface area contributed by atoms with Gasteiger partial charge in [-0.3, -0.25) is 9.09 Å². The molecule has 1 fully saturated rings. The van der Waals surface area contributed by atoms with E-state index in [1.807, 2.05) is 0 Å². The molecule has 2 rings (SSSR count). The fourth-order valence-corrected chi connectivity index (χ4v) is 6.44. The Bertz CT molecular complexity index is 1160. The van der Waals surface area contributed by atoms with Gasteiger partial charge in [0.15, 0.2) is 11.1 Å². The molecule has 1 aromatic heterocycles. The number of aliphatic hydroxyl groups is 1. The van der Waals surface area contributed by atoms with Crippen LogP contribution in [0.4, 0.5) is 5.82 Å². The molecule has 16 nitrogen and oxygen atoms in total. The standard InChI is InChI=1S/C13H19ClN3O13P3/c1-4-13(14)10(18)9(27-11(13)17-6(2)5-8(15)16-12(17)19)7(3)28-32(23,24)30-33(25,26)29-31(20,21)22/h1,5,7,9-11,18H,2-3H3,(H,23,24)(H,25,26)(H2,15,16,19)(H2,20,21,22)/t7-,9-,10+,11-,13?/m1/s1. The van der Waals surface area contributed by atoms with Crippen molar-refractivity contribution in [3.63, 3.8) is 0 Å². The fourth-order valence-electron chi connectivity index (χ4n) is 2.97. The van der Waals surface area contributed by atoms with Crippen molar-refractivity contribution in [3.05, 3.63) is 22.2 Å². The van der Waals surface area contributed by atoms with Crippen LogP contribution >= 0.6 is 35.1 Å². The maximum atomic E-state index is 12.3. The molecule has 0 aromatic carbocycles. The molecule has 1 saturated heterocycles. The summed E-state index contributed by atoms with van der Waals surface area (Å²) in [4.78, 5) is 49.8. The molecule has 1 aliphatic rings. The zero-order valence-corrected chi connectivity index (χ0v) is 20.1. The molecule has 1 aliphatic heterocycles. The quantitative estimate of drug-likeness (QED) is 0.138. The Morgan fingerprint density at radius 3 is 2.36 bits per heavy atom. The lowest BCUT2D eigenvalue weighted by molar-refractivity contribution is -0.0754. The van der Waals surface area contributed by atoms with Gasteiger partial charge in [-0.1, -0.05) is 17.5 Å². The van der Waals surface area contributed by atoms with Crippen molar-refractivity contribution in [1.82, 2.24) is 9.55 Å². The van der Waals surface area contributed by atoms with Crippen molar-refractivity contribution in [2.75, 3.05) is 5.73 Å². The summed E-state index contributed by atoms with van der Waals surface area (Å²) in [5, 5.41) is 10.6. The Hall–Kier alpha value is -1.14. The molecule has 2 heterocycles. The fraction of sp³-hybridized carbons (Fsp3) is 0.538. The topological polar surface area (TPSA) is 250 Å². The number of nitrogen functional groups attached to an aromatic ring is 1. The van der Waals surface area contributed by atoms with Gasteiger partial charge in [0, 0.05) is 5.69 Å². The highest BCUT2D eigenvalue weighted by molar-refractivity contribution is 7.66. The maximum Gasteiger partial charge on any atom is 0.490 e. The minimum Gasteiger partial charge on any atom is -0.387 e. The highest BCUT2D eigenvalue weighted by Crippen LogP contribution is 2.66. The smallest absolute Gasteiger partial charge is 0.387 e. The third kappa shape index (κ3) is 6.50. The van der Waals surface area contributed by atoms with E-state index in [1.165, 1.54) is 13.0 Å². The Kier molecular flexibility index (Phi) is 8.08. The lowest BCUT2D eigenvalue weighted by Gasteiger charge is -2.27. The van der Waals surface area contributed by atoms with E-state index in [9.17, 15) is 33.4 Å². The molecule has 0 radical (unpaired) electrons. The highest BCUT2D eigenvalue weighted by atomic mass is 35.5. The number of aryl methyl sites for hydroxylation is 1. The number of hydrogen-bond acceptors (Lipinski definition) is 11. The second-order valence-corrected chi connectivity index (χ2v) is 11.7. The lowest BCUT2D eigenvalue weighted by Crippen LogP contribution is -2.45. The maximum absolute atomic E-state index is 12.3. The van der Waals surface area contributed by atoms with E-state index < -0.39 is 58.6 Å². The molecule has 0 bridgehead atoms. The molecule has 33 heavy (non-hydrogen) atoms. The van der Waals surface area contributed by atoms with Crippen LogP contribution in [0.3, 0.4) is 0 Å². The number of anilines is 1. The van der Waals surface area contributed by atoms with E-state index in [-0.39, 0.29) is 11.5 Å². The van der Waals surface area contributed by atoms with Crippen molar-refractivity contribution >= 4 is 40.9 Å². The van der Waals surface area contributed by atoms with Gasteiger partial charge >= 0.3 is 29.2 Å². The van der Waals surface area contributed by atoms with Gasteiger partial charge < -0.3 is 35.2 Å². The first-order valence-corrected chi connectivity index (χ1v) is 13.4. The molecule has 7 N–H and O–H groups in total. The van der Waals surface area contributed by atoms with Crippen LogP contribution in [0.5, 0.6) is 0 Å². The minimum absolute atomic E-state index is 0.120. The zero-order valence-electron chi connectivity index (χ0n) is 16.7. The predicted molar refractivity (Wildman–Crippen MR) is 109 cm³/mol. The van der Waals surface area contributed by atoms with Crippen LogP contribution in [-0.2, 0) is 31.6 Å². The van der Waals surface area contributed by atoms with Gasteiger partial charge in [0.1, 0.15) is 18.0 Å². The van der Waals surface area contributed by atoms with Crippen LogP contribution in [0.15, 0.2) is 10.9 Å². The van der Waals surface area contributed by atoms with E-state index in [0.717, 1.165) is 11.5 Å². The van der Waals surface area contributed by atoms with Crippen LogP contribution in [0.25, 0.3) is 0 Å². The number of halogens is 1. The second-order valence-electron chi connectivity index (χ2n) is 6.69. The summed E-state index contributed by atoms with van der Waals surface area (Å²) in [6.45, 7) is 2.48. The average Bonchev–Trinajstić information content (AvgIpc) is 2.83. The third-order valence-electron chi connectivity index (χ3n) is 4.19. The first kappa shape index (κ1) is 28.1. The van der Waals surface area contributed by atoms with Crippen LogP contribution < -0.4 is 11.4 Å². The van der Waals surface area contributed by atoms with Gasteiger partial charge in [-0.2, -0.15) is 13.6 Å². The Morgan fingerprint density at radius 2 is 1.88 bits per heavy atom. The summed E-state index contributed by atoms with van der Waals surface area (Å²) in [5.74, 6) is 1.96. The van der Waals surface area contributed by atoms with E-state index in [2.05, 4.69) is 24.0 Å². The molecular weight excluding hydrogens is 535 g/mol. The summed E-state index contributed by atoms with van der Waals surface area (Å²) in [6.07, 6.45) is -1.28. The van der Waals surface area contributed by atoms with E-state index in [0.29, 0.717) is 0 Å². The summed E-state index contributed by atoms with van der Waals surface area (Å²) >= 11 is 6.34. The number of aliphatic hydroxyl groups excluding tert-OH is 1. The molecule has 7 atom stereocenters. The van der Waals surface area contributed by atoms with Gasteiger partial charge in [-0.25, -0.2) is 18.5 Å². The molecular formula is C13H19ClN3O13P3. The Labute approximate surface area is 190 Å². The summed E-state index contributed by atoms with van der Waals surface area (Å²) in [6, 6.07) is 1.29. The number of phosphoric ester groups is 1. The third-order valence-corrected chi connectivity index (χ3v) is 8.63. The second kappa shape index (κ2) is 9.49.